The molecular weight excluding hydrogens is 243 g/mol. The number of benzene rings is 1. The van der Waals surface area contributed by atoms with Crippen LogP contribution in [0.25, 0.3) is 0 Å². The first-order valence-corrected chi connectivity index (χ1v) is 5.09. The maximum Gasteiger partial charge on any atom is 0.0254 e. The van der Waals surface area contributed by atoms with Crippen molar-refractivity contribution < 1.29 is 0 Å². The van der Waals surface area contributed by atoms with Gasteiger partial charge in [0.15, 0.2) is 0 Å². The van der Waals surface area contributed by atoms with E-state index in [1.807, 2.05) is 7.05 Å². The van der Waals surface area contributed by atoms with E-state index >= 15 is 0 Å². The number of nitrogens with one attached hydrogen (secondary N) is 1. The van der Waals surface area contributed by atoms with Crippen LogP contribution in [0.1, 0.15) is 5.56 Å². The Morgan fingerprint density at radius 3 is 2.12 bits per heavy atom. The Balaban J connectivity index is 0. The summed E-state index contributed by atoms with van der Waals surface area (Å²) in [5, 5.41) is 3.23. The molecule has 1 aromatic rings. The molecule has 0 aliphatic carbocycles. The molecule has 16 heavy (non-hydrogen) atoms. The molecule has 0 saturated heterocycles. The molecule has 0 heterocycles. The molecule has 1 rings (SSSR count). The summed E-state index contributed by atoms with van der Waals surface area (Å²) in [4.78, 5) is 2.27. The van der Waals surface area contributed by atoms with Crippen molar-refractivity contribution in [3.8, 4) is 0 Å². The molecule has 0 fully saturated rings. The standard InChI is InChI=1S/C12H20N2.2ClH/c1-13-10-12(14(2)3)9-11-7-5-4-6-8-11;;/h4-8,12-13H,9-10H2,1-3H3;2*1H/t12-;;/m0../s1. The molecule has 0 unspecified atom stereocenters. The van der Waals surface area contributed by atoms with E-state index in [9.17, 15) is 0 Å². The third kappa shape index (κ3) is 6.33. The Kier molecular flexibility index (Phi) is 11.2. The maximum absolute atomic E-state index is 3.23. The molecule has 0 aliphatic rings. The zero-order valence-electron chi connectivity index (χ0n) is 10.1. The normalized spacial score (nSPS) is 11.5. The monoisotopic (exact) mass is 264 g/mol. The predicted molar refractivity (Wildman–Crippen MR) is 76.0 cm³/mol. The van der Waals surface area contributed by atoms with Gasteiger partial charge in [0.1, 0.15) is 0 Å². The van der Waals surface area contributed by atoms with Crippen molar-refractivity contribution >= 4 is 24.8 Å². The molecule has 1 atom stereocenters. The molecule has 2 nitrogen and oxygen atoms in total. The lowest BCUT2D eigenvalue weighted by Crippen LogP contribution is -2.38. The maximum atomic E-state index is 3.23. The fraction of sp³-hybridized carbons (Fsp3) is 0.500. The molecule has 0 spiro atoms. The molecule has 1 N–H and O–H groups in total. The Hall–Kier alpha value is -0.280. The first-order chi connectivity index (χ1) is 6.74. The summed E-state index contributed by atoms with van der Waals surface area (Å²) < 4.78 is 0. The number of halogens is 2. The van der Waals surface area contributed by atoms with Gasteiger partial charge in [-0.25, -0.2) is 0 Å². The molecule has 1 aromatic carbocycles. The van der Waals surface area contributed by atoms with Crippen LogP contribution in [0.3, 0.4) is 0 Å². The predicted octanol–water partition coefficient (Wildman–Crippen LogP) is 2.22. The summed E-state index contributed by atoms with van der Waals surface area (Å²) in [7, 11) is 6.26. The zero-order chi connectivity index (χ0) is 10.4. The molecular formula is C12H22Cl2N2. The Labute approximate surface area is 111 Å². The summed E-state index contributed by atoms with van der Waals surface area (Å²) >= 11 is 0. The highest BCUT2D eigenvalue weighted by Crippen LogP contribution is 2.05. The highest BCUT2D eigenvalue weighted by Gasteiger charge is 2.10. The fourth-order valence-electron chi connectivity index (χ4n) is 1.56. The van der Waals surface area contributed by atoms with Gasteiger partial charge in [-0.05, 0) is 33.1 Å². The topological polar surface area (TPSA) is 15.3 Å². The van der Waals surface area contributed by atoms with E-state index < -0.39 is 0 Å². The number of rotatable bonds is 5. The lowest BCUT2D eigenvalue weighted by molar-refractivity contribution is 0.286. The van der Waals surface area contributed by atoms with Gasteiger partial charge in [-0.1, -0.05) is 30.3 Å². The lowest BCUT2D eigenvalue weighted by Gasteiger charge is -2.24. The van der Waals surface area contributed by atoms with Crippen LogP contribution in [0.15, 0.2) is 30.3 Å². The van der Waals surface area contributed by atoms with E-state index in [-0.39, 0.29) is 24.8 Å². The highest BCUT2D eigenvalue weighted by atomic mass is 35.5. The quantitative estimate of drug-likeness (QED) is 0.878. The highest BCUT2D eigenvalue weighted by molar-refractivity contribution is 5.85. The van der Waals surface area contributed by atoms with Crippen molar-refractivity contribution in [1.29, 1.82) is 0 Å². The van der Waals surface area contributed by atoms with Gasteiger partial charge in [0.2, 0.25) is 0 Å². The minimum Gasteiger partial charge on any atom is -0.318 e. The molecule has 0 aromatic heterocycles. The van der Waals surface area contributed by atoms with Crippen molar-refractivity contribution in [2.45, 2.75) is 12.5 Å². The second-order valence-electron chi connectivity index (χ2n) is 3.86. The smallest absolute Gasteiger partial charge is 0.0254 e. The van der Waals surface area contributed by atoms with Crippen LogP contribution < -0.4 is 5.32 Å². The second kappa shape index (κ2) is 9.91. The molecule has 4 heteroatoms. The lowest BCUT2D eigenvalue weighted by atomic mass is 10.1. The first-order valence-electron chi connectivity index (χ1n) is 5.09. The molecule has 0 amide bonds. The van der Waals surface area contributed by atoms with Gasteiger partial charge >= 0.3 is 0 Å². The van der Waals surface area contributed by atoms with E-state index in [4.69, 9.17) is 0 Å². The molecule has 0 bridgehead atoms. The Morgan fingerprint density at radius 2 is 1.69 bits per heavy atom. The van der Waals surface area contributed by atoms with Crippen LogP contribution in [-0.4, -0.2) is 38.6 Å². The van der Waals surface area contributed by atoms with E-state index in [1.165, 1.54) is 5.56 Å². The van der Waals surface area contributed by atoms with Gasteiger partial charge in [-0.15, -0.1) is 24.8 Å². The van der Waals surface area contributed by atoms with Crippen molar-refractivity contribution in [1.82, 2.24) is 10.2 Å². The number of likely N-dealkylation sites (N-methyl/N-ethyl adjacent to an activating group) is 2. The molecule has 0 aliphatic heterocycles. The average Bonchev–Trinajstić information content (AvgIpc) is 2.18. The number of hydrogen-bond acceptors (Lipinski definition) is 2. The Morgan fingerprint density at radius 1 is 1.12 bits per heavy atom. The van der Waals surface area contributed by atoms with Crippen LogP contribution in [-0.2, 0) is 6.42 Å². The minimum absolute atomic E-state index is 0. The zero-order valence-corrected chi connectivity index (χ0v) is 11.8. The van der Waals surface area contributed by atoms with Crippen molar-refractivity contribution in [3.63, 3.8) is 0 Å². The van der Waals surface area contributed by atoms with Crippen molar-refractivity contribution in [2.75, 3.05) is 27.7 Å². The van der Waals surface area contributed by atoms with Crippen LogP contribution in [0.5, 0.6) is 0 Å². The molecule has 0 saturated carbocycles. The van der Waals surface area contributed by atoms with Crippen LogP contribution in [0, 0.1) is 0 Å². The van der Waals surface area contributed by atoms with Gasteiger partial charge < -0.3 is 10.2 Å². The average molecular weight is 265 g/mol. The summed E-state index contributed by atoms with van der Waals surface area (Å²) in [6, 6.07) is 11.2. The van der Waals surface area contributed by atoms with E-state index in [1.54, 1.807) is 0 Å². The third-order valence-corrected chi connectivity index (χ3v) is 2.48. The van der Waals surface area contributed by atoms with Crippen LogP contribution in [0.2, 0.25) is 0 Å². The van der Waals surface area contributed by atoms with Crippen LogP contribution in [0.4, 0.5) is 0 Å². The van der Waals surface area contributed by atoms with E-state index in [0.29, 0.717) is 6.04 Å². The van der Waals surface area contributed by atoms with Gasteiger partial charge in [0, 0.05) is 12.6 Å². The SMILES string of the molecule is CNC[C@H](Cc1ccccc1)N(C)C.Cl.Cl. The first kappa shape index (κ1) is 18.1. The molecule has 94 valence electrons. The van der Waals surface area contributed by atoms with Gasteiger partial charge in [-0.2, -0.15) is 0 Å². The fourth-order valence-corrected chi connectivity index (χ4v) is 1.56. The largest absolute Gasteiger partial charge is 0.318 e. The Bertz CT molecular complexity index is 252. The van der Waals surface area contributed by atoms with Crippen molar-refractivity contribution in [2.24, 2.45) is 0 Å². The molecule has 0 radical (unpaired) electrons. The minimum atomic E-state index is 0. The van der Waals surface area contributed by atoms with Crippen LogP contribution >= 0.6 is 24.8 Å². The number of hydrogen-bond donors (Lipinski definition) is 1. The summed E-state index contributed by atoms with van der Waals surface area (Å²) in [5.74, 6) is 0. The second-order valence-corrected chi connectivity index (χ2v) is 3.86. The van der Waals surface area contributed by atoms with Gasteiger partial charge in [0.25, 0.3) is 0 Å². The van der Waals surface area contributed by atoms with Crippen molar-refractivity contribution in [3.05, 3.63) is 35.9 Å². The third-order valence-electron chi connectivity index (χ3n) is 2.48. The summed E-state index contributed by atoms with van der Waals surface area (Å²) in [6.07, 6.45) is 1.11. The summed E-state index contributed by atoms with van der Waals surface area (Å²) in [6.45, 7) is 1.03. The number of nitrogens with zero attached hydrogens (tertiary/aromatic N) is 1. The van der Waals surface area contributed by atoms with E-state index in [0.717, 1.165) is 13.0 Å². The van der Waals surface area contributed by atoms with E-state index in [2.05, 4.69) is 54.6 Å². The van der Waals surface area contributed by atoms with Gasteiger partial charge in [0.05, 0.1) is 0 Å². The van der Waals surface area contributed by atoms with Gasteiger partial charge in [-0.3, -0.25) is 0 Å². The summed E-state index contributed by atoms with van der Waals surface area (Å²) in [5.41, 5.74) is 1.40.